The molecule has 2 aromatic carbocycles. The Hall–Kier alpha value is -2.47. The molecule has 3 rings (SSSR count). The van der Waals surface area contributed by atoms with Gasteiger partial charge in [0.1, 0.15) is 0 Å². The summed E-state index contributed by atoms with van der Waals surface area (Å²) in [5.41, 5.74) is 5.39. The van der Waals surface area contributed by atoms with Crippen LogP contribution in [0.1, 0.15) is 16.7 Å². The maximum Gasteiger partial charge on any atom is 0.249 e. The third-order valence-electron chi connectivity index (χ3n) is 3.65. The van der Waals surface area contributed by atoms with Crippen molar-refractivity contribution >= 4 is 39.1 Å². The van der Waals surface area contributed by atoms with Crippen LogP contribution in [0, 0.1) is 20.8 Å². The molecule has 0 aliphatic carbocycles. The number of anilines is 4. The van der Waals surface area contributed by atoms with Crippen molar-refractivity contribution in [3.63, 3.8) is 0 Å². The lowest BCUT2D eigenvalue weighted by molar-refractivity contribution is 0.981. The molecule has 0 bridgehead atoms. The molecule has 122 valence electrons. The van der Waals surface area contributed by atoms with E-state index >= 15 is 0 Å². The van der Waals surface area contributed by atoms with Crippen LogP contribution in [0.4, 0.5) is 23.1 Å². The zero-order chi connectivity index (χ0) is 17.1. The molecule has 24 heavy (non-hydrogen) atoms. The maximum atomic E-state index is 4.49. The normalized spacial score (nSPS) is 10.5. The van der Waals surface area contributed by atoms with Crippen molar-refractivity contribution in [2.45, 2.75) is 20.8 Å². The lowest BCUT2D eigenvalue weighted by atomic mass is 10.1. The monoisotopic (exact) mass is 383 g/mol. The number of halogens is 1. The molecule has 1 aromatic heterocycles. The van der Waals surface area contributed by atoms with Crippen LogP contribution in [0.5, 0.6) is 0 Å². The molecule has 0 amide bonds. The molecule has 1 heterocycles. The molecule has 5 nitrogen and oxygen atoms in total. The van der Waals surface area contributed by atoms with Crippen LogP contribution in [-0.4, -0.2) is 15.2 Å². The second kappa shape index (κ2) is 6.97. The summed E-state index contributed by atoms with van der Waals surface area (Å²) in [6.45, 7) is 6.14. The molecular formula is C18H18BrN5. The van der Waals surface area contributed by atoms with Crippen molar-refractivity contribution in [3.05, 3.63) is 63.8 Å². The van der Waals surface area contributed by atoms with E-state index in [2.05, 4.69) is 66.9 Å². The third-order valence-corrected chi connectivity index (χ3v) is 4.14. The summed E-state index contributed by atoms with van der Waals surface area (Å²) in [7, 11) is 0. The minimum atomic E-state index is 0.462. The summed E-state index contributed by atoms with van der Waals surface area (Å²) < 4.78 is 1.05. The third kappa shape index (κ3) is 3.89. The lowest BCUT2D eigenvalue weighted by Gasteiger charge is -2.11. The Labute approximate surface area is 149 Å². The van der Waals surface area contributed by atoms with E-state index in [0.29, 0.717) is 11.8 Å². The number of rotatable bonds is 4. The van der Waals surface area contributed by atoms with E-state index in [-0.39, 0.29) is 0 Å². The topological polar surface area (TPSA) is 62.7 Å². The van der Waals surface area contributed by atoms with E-state index in [1.165, 1.54) is 5.56 Å². The summed E-state index contributed by atoms with van der Waals surface area (Å²) in [4.78, 5) is 4.49. The van der Waals surface area contributed by atoms with E-state index in [1.54, 1.807) is 6.20 Å². The van der Waals surface area contributed by atoms with Gasteiger partial charge in [-0.2, -0.15) is 10.1 Å². The Bertz CT molecular complexity index is 879. The highest BCUT2D eigenvalue weighted by molar-refractivity contribution is 9.10. The van der Waals surface area contributed by atoms with Crippen LogP contribution >= 0.6 is 15.9 Å². The Balaban J connectivity index is 1.82. The van der Waals surface area contributed by atoms with Gasteiger partial charge < -0.3 is 10.6 Å². The van der Waals surface area contributed by atoms with Crippen LogP contribution in [0.25, 0.3) is 0 Å². The molecule has 0 aliphatic heterocycles. The molecule has 0 spiro atoms. The Morgan fingerprint density at radius 1 is 0.875 bits per heavy atom. The maximum absolute atomic E-state index is 4.49. The van der Waals surface area contributed by atoms with Gasteiger partial charge in [0, 0.05) is 15.8 Å². The Morgan fingerprint density at radius 2 is 1.71 bits per heavy atom. The summed E-state index contributed by atoms with van der Waals surface area (Å²) in [6, 6.07) is 12.2. The van der Waals surface area contributed by atoms with Gasteiger partial charge >= 0.3 is 0 Å². The molecule has 0 saturated heterocycles. The Kier molecular flexibility index (Phi) is 4.76. The fourth-order valence-corrected chi connectivity index (χ4v) is 2.79. The van der Waals surface area contributed by atoms with E-state index in [9.17, 15) is 0 Å². The first kappa shape index (κ1) is 16.4. The average molecular weight is 384 g/mol. The van der Waals surface area contributed by atoms with Crippen LogP contribution in [0.3, 0.4) is 0 Å². The molecule has 0 aliphatic rings. The first-order valence-electron chi connectivity index (χ1n) is 7.58. The number of aryl methyl sites for hydroxylation is 3. The number of nitrogens with one attached hydrogen (secondary N) is 2. The van der Waals surface area contributed by atoms with Crippen molar-refractivity contribution in [1.29, 1.82) is 0 Å². The summed E-state index contributed by atoms with van der Waals surface area (Å²) in [6.07, 6.45) is 1.61. The lowest BCUT2D eigenvalue weighted by Crippen LogP contribution is -2.04. The van der Waals surface area contributed by atoms with Crippen LogP contribution in [-0.2, 0) is 0 Å². The number of aromatic nitrogens is 3. The highest BCUT2D eigenvalue weighted by Crippen LogP contribution is 2.24. The fourth-order valence-electron chi connectivity index (χ4n) is 2.31. The molecule has 2 N–H and O–H groups in total. The van der Waals surface area contributed by atoms with Gasteiger partial charge in [0.15, 0.2) is 5.82 Å². The molecule has 0 radical (unpaired) electrons. The summed E-state index contributed by atoms with van der Waals surface area (Å²) >= 11 is 3.47. The van der Waals surface area contributed by atoms with Crippen LogP contribution in [0.2, 0.25) is 0 Å². The predicted octanol–water partition coefficient (Wildman–Crippen LogP) is 5.05. The zero-order valence-corrected chi connectivity index (χ0v) is 15.3. The minimum absolute atomic E-state index is 0.462. The van der Waals surface area contributed by atoms with Gasteiger partial charge in [-0.3, -0.25) is 0 Å². The van der Waals surface area contributed by atoms with Crippen molar-refractivity contribution in [3.8, 4) is 0 Å². The van der Waals surface area contributed by atoms with Crippen molar-refractivity contribution in [2.75, 3.05) is 10.6 Å². The fraction of sp³-hybridized carbons (Fsp3) is 0.167. The average Bonchev–Trinajstić information content (AvgIpc) is 2.54. The largest absolute Gasteiger partial charge is 0.339 e. The molecule has 3 aromatic rings. The van der Waals surface area contributed by atoms with Crippen molar-refractivity contribution in [2.24, 2.45) is 0 Å². The Morgan fingerprint density at radius 3 is 2.50 bits per heavy atom. The van der Waals surface area contributed by atoms with Gasteiger partial charge in [0.25, 0.3) is 0 Å². The highest BCUT2D eigenvalue weighted by atomic mass is 79.9. The summed E-state index contributed by atoms with van der Waals surface area (Å²) in [5.74, 6) is 1.10. The molecule has 0 fully saturated rings. The molecular weight excluding hydrogens is 366 g/mol. The van der Waals surface area contributed by atoms with Gasteiger partial charge in [0.2, 0.25) is 5.95 Å². The highest BCUT2D eigenvalue weighted by Gasteiger charge is 2.06. The quantitative estimate of drug-likeness (QED) is 0.659. The smallest absolute Gasteiger partial charge is 0.249 e. The number of hydrogen-bond acceptors (Lipinski definition) is 5. The first-order chi connectivity index (χ1) is 11.5. The van der Waals surface area contributed by atoms with Gasteiger partial charge in [-0.15, -0.1) is 5.10 Å². The second-order valence-corrected chi connectivity index (χ2v) is 6.61. The van der Waals surface area contributed by atoms with Crippen LogP contribution < -0.4 is 10.6 Å². The zero-order valence-electron chi connectivity index (χ0n) is 13.8. The second-order valence-electron chi connectivity index (χ2n) is 5.69. The summed E-state index contributed by atoms with van der Waals surface area (Å²) in [5, 5.41) is 14.6. The van der Waals surface area contributed by atoms with Gasteiger partial charge in [-0.25, -0.2) is 0 Å². The van der Waals surface area contributed by atoms with Gasteiger partial charge in [-0.1, -0.05) is 28.1 Å². The first-order valence-corrected chi connectivity index (χ1v) is 8.38. The van der Waals surface area contributed by atoms with Crippen molar-refractivity contribution in [1.82, 2.24) is 15.2 Å². The predicted molar refractivity (Wildman–Crippen MR) is 101 cm³/mol. The van der Waals surface area contributed by atoms with Gasteiger partial charge in [-0.05, 0) is 61.7 Å². The molecule has 0 unspecified atom stereocenters. The molecule has 0 atom stereocenters. The van der Waals surface area contributed by atoms with E-state index in [4.69, 9.17) is 0 Å². The van der Waals surface area contributed by atoms with Crippen LogP contribution in [0.15, 0.2) is 47.1 Å². The van der Waals surface area contributed by atoms with E-state index < -0.39 is 0 Å². The standard InChI is InChI=1S/C18H18BrN5/c1-11-4-5-12(2)16(8-11)22-18-23-17(10-20-24-18)21-15-7-6-14(19)9-13(15)3/h4-10H,1-3H3,(H2,21,22,23,24). The van der Waals surface area contributed by atoms with E-state index in [1.807, 2.05) is 32.0 Å². The SMILES string of the molecule is Cc1ccc(C)c(Nc2nncc(Nc3ccc(Br)cc3C)n2)c1. The van der Waals surface area contributed by atoms with E-state index in [0.717, 1.165) is 27.0 Å². The molecule has 6 heteroatoms. The van der Waals surface area contributed by atoms with Crippen molar-refractivity contribution < 1.29 is 0 Å². The number of hydrogen-bond donors (Lipinski definition) is 2. The number of benzene rings is 2. The molecule has 0 saturated carbocycles. The minimum Gasteiger partial charge on any atom is -0.339 e. The number of nitrogens with zero attached hydrogens (tertiary/aromatic N) is 3. The van der Waals surface area contributed by atoms with Gasteiger partial charge in [0.05, 0.1) is 6.20 Å².